The average molecular weight is 739 g/mol. The zero-order valence-corrected chi connectivity index (χ0v) is 31.4. The number of hydrogen-bond acceptors (Lipinski definition) is 2. The summed E-state index contributed by atoms with van der Waals surface area (Å²) in [6, 6.07) is 73.8. The van der Waals surface area contributed by atoms with E-state index in [0.29, 0.717) is 0 Å². The van der Waals surface area contributed by atoms with Crippen LogP contribution in [0.1, 0.15) is 0 Å². The molecule has 0 unspecified atom stereocenters. The largest absolute Gasteiger partial charge is 0.456 e. The normalized spacial score (nSPS) is 11.8. The average Bonchev–Trinajstić information content (AvgIpc) is 3.84. The molecule has 9 aromatic carbocycles. The first kappa shape index (κ1) is 32.5. The second-order valence-electron chi connectivity index (χ2n) is 15.1. The molecule has 0 bridgehead atoms. The van der Waals surface area contributed by atoms with Crippen molar-refractivity contribution in [2.75, 3.05) is 0 Å². The van der Waals surface area contributed by atoms with Gasteiger partial charge in [0, 0.05) is 43.6 Å². The Morgan fingerprint density at radius 1 is 0.345 bits per heavy atom. The second kappa shape index (κ2) is 12.9. The van der Waals surface area contributed by atoms with E-state index < -0.39 is 0 Å². The van der Waals surface area contributed by atoms with Gasteiger partial charge in [0.05, 0.1) is 22.2 Å². The molecule has 0 N–H and O–H groups in total. The molecular weight excluding hydrogens is 705 g/mol. The molecule has 0 saturated heterocycles. The van der Waals surface area contributed by atoms with Crippen molar-refractivity contribution in [3.63, 3.8) is 0 Å². The highest BCUT2D eigenvalue weighted by atomic mass is 16.3. The van der Waals surface area contributed by atoms with Crippen LogP contribution in [0.4, 0.5) is 0 Å². The molecule has 0 aliphatic rings. The summed E-state index contributed by atoms with van der Waals surface area (Å²) in [7, 11) is 0. The Bertz CT molecular complexity index is 3540. The number of para-hydroxylation sites is 2. The van der Waals surface area contributed by atoms with Crippen molar-refractivity contribution in [2.24, 2.45) is 0 Å². The smallest absolute Gasteiger partial charge is 0.136 e. The van der Waals surface area contributed by atoms with Crippen LogP contribution in [0.25, 0.3) is 116 Å². The van der Waals surface area contributed by atoms with E-state index in [1.807, 2.05) is 0 Å². The molecule has 0 spiro atoms. The van der Waals surface area contributed by atoms with Crippen molar-refractivity contribution in [1.29, 1.82) is 0 Å². The lowest BCUT2D eigenvalue weighted by Crippen LogP contribution is -1.93. The third kappa shape index (κ3) is 5.04. The maximum Gasteiger partial charge on any atom is 0.136 e. The molecule has 3 nitrogen and oxygen atoms in total. The molecule has 0 radical (unpaired) electrons. The van der Waals surface area contributed by atoms with Crippen LogP contribution in [0.5, 0.6) is 0 Å². The fourth-order valence-electron chi connectivity index (χ4n) is 9.13. The molecule has 270 valence electrons. The first-order valence-electron chi connectivity index (χ1n) is 19.8. The van der Waals surface area contributed by atoms with Gasteiger partial charge in [-0.05, 0) is 99.4 Å². The van der Waals surface area contributed by atoms with Crippen LogP contribution in [0, 0.1) is 0 Å². The number of benzene rings is 9. The summed E-state index contributed by atoms with van der Waals surface area (Å²) in [5.74, 6) is 0. The maximum absolute atomic E-state index is 6.59. The van der Waals surface area contributed by atoms with E-state index in [-0.39, 0.29) is 0 Å². The Balaban J connectivity index is 1.08. The molecule has 0 atom stereocenters. The highest BCUT2D eigenvalue weighted by Gasteiger charge is 2.20. The molecule has 0 amide bonds. The van der Waals surface area contributed by atoms with Crippen LogP contribution in [0.15, 0.2) is 211 Å². The number of nitrogens with zero attached hydrogens (tertiary/aromatic N) is 2. The minimum absolute atomic E-state index is 0.846. The van der Waals surface area contributed by atoms with Gasteiger partial charge in [-0.1, -0.05) is 146 Å². The van der Waals surface area contributed by atoms with Crippen LogP contribution in [0.3, 0.4) is 0 Å². The standard InChI is InChI=1S/C55H34N2O/c1-4-15-35(16-5-1)44-33-47-45(36-17-6-2-7-18-36)34-49(56-55(47)42-23-11-10-21-40(42)44)43-24-14-26-53-54(43)48-32-38(28-30-52(48)58-53)37-27-29-51-46(31-37)41-22-12-13-25-50(41)57(51)39-19-8-3-9-20-39/h1-34H. The topological polar surface area (TPSA) is 31.0 Å². The predicted octanol–water partition coefficient (Wildman–Crippen LogP) is 15.1. The molecule has 58 heavy (non-hydrogen) atoms. The third-order valence-electron chi connectivity index (χ3n) is 11.8. The van der Waals surface area contributed by atoms with E-state index in [2.05, 4.69) is 211 Å². The summed E-state index contributed by atoms with van der Waals surface area (Å²) in [5.41, 5.74) is 15.2. The Morgan fingerprint density at radius 2 is 0.948 bits per heavy atom. The summed E-state index contributed by atoms with van der Waals surface area (Å²) in [6.45, 7) is 0. The van der Waals surface area contributed by atoms with E-state index in [1.54, 1.807) is 0 Å². The summed E-state index contributed by atoms with van der Waals surface area (Å²) in [6.07, 6.45) is 0. The third-order valence-corrected chi connectivity index (χ3v) is 11.8. The van der Waals surface area contributed by atoms with E-state index in [9.17, 15) is 0 Å². The van der Waals surface area contributed by atoms with Crippen molar-refractivity contribution in [3.8, 4) is 50.3 Å². The quantitative estimate of drug-likeness (QED) is 0.165. The molecule has 3 heteroatoms. The lowest BCUT2D eigenvalue weighted by atomic mass is 9.90. The van der Waals surface area contributed by atoms with Gasteiger partial charge in [-0.3, -0.25) is 0 Å². The number of fused-ring (bicyclic) bond motifs is 9. The number of rotatable bonds is 5. The Morgan fingerprint density at radius 3 is 1.71 bits per heavy atom. The van der Waals surface area contributed by atoms with Crippen LogP contribution < -0.4 is 0 Å². The molecular formula is C55H34N2O. The number of aromatic nitrogens is 2. The SMILES string of the molecule is c1ccc(-c2cc3c(-c4ccccc4)cc(-c4cccc5oc6ccc(-c7ccc8c(c7)c7ccccc7n8-c7ccccc7)cc6c45)nc3c3ccccc23)cc1. The Labute approximate surface area is 334 Å². The van der Waals surface area contributed by atoms with Gasteiger partial charge in [-0.15, -0.1) is 0 Å². The number of furan rings is 1. The number of pyridine rings is 1. The van der Waals surface area contributed by atoms with Crippen molar-refractivity contribution in [3.05, 3.63) is 206 Å². The van der Waals surface area contributed by atoms with Crippen LogP contribution in [-0.2, 0) is 0 Å². The zero-order valence-electron chi connectivity index (χ0n) is 31.4. The summed E-state index contributed by atoms with van der Waals surface area (Å²) < 4.78 is 8.95. The minimum atomic E-state index is 0.846. The fraction of sp³-hybridized carbons (Fsp3) is 0. The van der Waals surface area contributed by atoms with Crippen LogP contribution >= 0.6 is 0 Å². The van der Waals surface area contributed by atoms with Gasteiger partial charge < -0.3 is 8.98 Å². The molecule has 3 aromatic heterocycles. The van der Waals surface area contributed by atoms with Crippen LogP contribution in [-0.4, -0.2) is 9.55 Å². The van der Waals surface area contributed by atoms with Gasteiger partial charge in [0.25, 0.3) is 0 Å². The van der Waals surface area contributed by atoms with E-state index in [1.165, 1.54) is 38.3 Å². The van der Waals surface area contributed by atoms with Gasteiger partial charge in [-0.25, -0.2) is 4.98 Å². The molecule has 3 heterocycles. The van der Waals surface area contributed by atoms with Gasteiger partial charge in [0.2, 0.25) is 0 Å². The van der Waals surface area contributed by atoms with Crippen molar-refractivity contribution in [1.82, 2.24) is 9.55 Å². The summed E-state index contributed by atoms with van der Waals surface area (Å²) in [4.78, 5) is 5.56. The molecule has 12 rings (SSSR count). The minimum Gasteiger partial charge on any atom is -0.456 e. The van der Waals surface area contributed by atoms with Crippen molar-refractivity contribution < 1.29 is 4.42 Å². The highest BCUT2D eigenvalue weighted by Crippen LogP contribution is 2.44. The summed E-state index contributed by atoms with van der Waals surface area (Å²) in [5, 5.41) is 8.05. The molecule has 0 fully saturated rings. The molecule has 0 aliphatic heterocycles. The molecule has 0 saturated carbocycles. The lowest BCUT2D eigenvalue weighted by molar-refractivity contribution is 0.669. The number of hydrogen-bond donors (Lipinski definition) is 0. The predicted molar refractivity (Wildman–Crippen MR) is 243 cm³/mol. The summed E-state index contributed by atoms with van der Waals surface area (Å²) >= 11 is 0. The first-order valence-corrected chi connectivity index (χ1v) is 19.8. The second-order valence-corrected chi connectivity index (χ2v) is 15.1. The van der Waals surface area contributed by atoms with Crippen molar-refractivity contribution >= 4 is 65.4 Å². The first-order chi connectivity index (χ1) is 28.8. The lowest BCUT2D eigenvalue weighted by Gasteiger charge is -2.16. The van der Waals surface area contributed by atoms with Gasteiger partial charge >= 0.3 is 0 Å². The van der Waals surface area contributed by atoms with Gasteiger partial charge in [0.1, 0.15) is 11.2 Å². The van der Waals surface area contributed by atoms with E-state index in [4.69, 9.17) is 9.40 Å². The highest BCUT2D eigenvalue weighted by molar-refractivity contribution is 6.18. The van der Waals surface area contributed by atoms with E-state index >= 15 is 0 Å². The Kier molecular flexibility index (Phi) is 7.23. The Hall–Kier alpha value is -7.75. The van der Waals surface area contributed by atoms with Gasteiger partial charge in [-0.2, -0.15) is 0 Å². The monoisotopic (exact) mass is 738 g/mol. The zero-order chi connectivity index (χ0) is 38.2. The van der Waals surface area contributed by atoms with Crippen LogP contribution in [0.2, 0.25) is 0 Å². The van der Waals surface area contributed by atoms with E-state index in [0.717, 1.165) is 77.4 Å². The maximum atomic E-state index is 6.59. The molecule has 12 aromatic rings. The molecule has 0 aliphatic carbocycles. The van der Waals surface area contributed by atoms with Gasteiger partial charge in [0.15, 0.2) is 0 Å². The fourth-order valence-corrected chi connectivity index (χ4v) is 9.13. The van der Waals surface area contributed by atoms with Crippen molar-refractivity contribution in [2.45, 2.75) is 0 Å².